The summed E-state index contributed by atoms with van der Waals surface area (Å²) in [5.74, 6) is 0. The molecule has 2 aromatic carbocycles. The van der Waals surface area contributed by atoms with Crippen LogP contribution in [0.5, 0.6) is 0 Å². The number of halogens is 4. The number of rotatable bonds is 4. The first-order valence-electron chi connectivity index (χ1n) is 6.17. The number of non-ortho nitro benzene ring substituents is 1. The van der Waals surface area contributed by atoms with Gasteiger partial charge in [-0.25, -0.2) is 0 Å². The molecule has 2 rings (SSSR count). The van der Waals surface area contributed by atoms with Crippen molar-refractivity contribution in [1.29, 1.82) is 0 Å². The SMILES string of the molecule is O=[N+]([O-])c1cc([N+](=O)[O-])c(Nc2ccccc2Br)c(C(F)(F)F)c1. The zero-order valence-corrected chi connectivity index (χ0v) is 13.1. The average Bonchev–Trinajstić information content (AvgIpc) is 2.48. The Labute approximate surface area is 140 Å². The Morgan fingerprint density at radius 3 is 2.17 bits per heavy atom. The second-order valence-electron chi connectivity index (χ2n) is 4.50. The smallest absolute Gasteiger partial charge is 0.348 e. The third-order valence-corrected chi connectivity index (χ3v) is 3.64. The van der Waals surface area contributed by atoms with Gasteiger partial charge < -0.3 is 5.32 Å². The maximum atomic E-state index is 13.2. The number of anilines is 2. The Morgan fingerprint density at radius 1 is 1.04 bits per heavy atom. The normalized spacial score (nSPS) is 11.2. The molecule has 0 radical (unpaired) electrons. The average molecular weight is 406 g/mol. The summed E-state index contributed by atoms with van der Waals surface area (Å²) >= 11 is 3.11. The van der Waals surface area contributed by atoms with Gasteiger partial charge in [0.2, 0.25) is 0 Å². The maximum absolute atomic E-state index is 13.2. The fraction of sp³-hybridized carbons (Fsp3) is 0.0769. The van der Waals surface area contributed by atoms with Gasteiger partial charge in [-0.3, -0.25) is 20.2 Å². The molecule has 2 aromatic rings. The first kappa shape index (κ1) is 17.7. The molecular formula is C13H7BrF3N3O4. The second-order valence-corrected chi connectivity index (χ2v) is 5.36. The lowest BCUT2D eigenvalue weighted by molar-refractivity contribution is -0.394. The van der Waals surface area contributed by atoms with Gasteiger partial charge in [0.15, 0.2) is 0 Å². The van der Waals surface area contributed by atoms with Gasteiger partial charge in [0.1, 0.15) is 5.69 Å². The van der Waals surface area contributed by atoms with Crippen LogP contribution < -0.4 is 5.32 Å². The van der Waals surface area contributed by atoms with Crippen LogP contribution in [0.1, 0.15) is 5.56 Å². The maximum Gasteiger partial charge on any atom is 0.418 e. The third-order valence-electron chi connectivity index (χ3n) is 2.95. The fourth-order valence-electron chi connectivity index (χ4n) is 1.91. The third kappa shape index (κ3) is 3.62. The van der Waals surface area contributed by atoms with E-state index in [2.05, 4.69) is 21.2 Å². The van der Waals surface area contributed by atoms with Gasteiger partial charge in [-0.05, 0) is 28.1 Å². The minimum atomic E-state index is -5.03. The highest BCUT2D eigenvalue weighted by Crippen LogP contribution is 2.44. The molecular weight excluding hydrogens is 399 g/mol. The van der Waals surface area contributed by atoms with E-state index in [0.29, 0.717) is 10.5 Å². The molecule has 0 atom stereocenters. The van der Waals surface area contributed by atoms with Crippen LogP contribution in [0.2, 0.25) is 0 Å². The Balaban J connectivity index is 2.74. The summed E-state index contributed by atoms with van der Waals surface area (Å²) < 4.78 is 40.1. The largest absolute Gasteiger partial charge is 0.418 e. The van der Waals surface area contributed by atoms with E-state index in [0.717, 1.165) is 0 Å². The van der Waals surface area contributed by atoms with Crippen LogP contribution in [0, 0.1) is 20.2 Å². The van der Waals surface area contributed by atoms with Crippen LogP contribution in [0.15, 0.2) is 40.9 Å². The van der Waals surface area contributed by atoms with Crippen molar-refractivity contribution in [3.63, 3.8) is 0 Å². The molecule has 0 bridgehead atoms. The van der Waals surface area contributed by atoms with Crippen LogP contribution in [-0.4, -0.2) is 9.85 Å². The standard InChI is InChI=1S/C13H7BrF3N3O4/c14-9-3-1-2-4-10(9)18-12-8(13(15,16)17)5-7(19(21)22)6-11(12)20(23)24/h1-6,18H. The van der Waals surface area contributed by atoms with E-state index in [1.54, 1.807) is 6.07 Å². The number of benzene rings is 2. The van der Waals surface area contributed by atoms with E-state index in [4.69, 9.17) is 0 Å². The Morgan fingerprint density at radius 2 is 1.67 bits per heavy atom. The first-order chi connectivity index (χ1) is 11.1. The van der Waals surface area contributed by atoms with Crippen molar-refractivity contribution >= 4 is 38.7 Å². The van der Waals surface area contributed by atoms with E-state index in [1.165, 1.54) is 18.2 Å². The molecule has 11 heteroatoms. The Bertz CT molecular complexity index is 827. The molecule has 0 saturated heterocycles. The second kappa shape index (κ2) is 6.43. The van der Waals surface area contributed by atoms with Crippen molar-refractivity contribution in [1.82, 2.24) is 0 Å². The fourth-order valence-corrected chi connectivity index (χ4v) is 2.30. The van der Waals surface area contributed by atoms with Crippen LogP contribution >= 0.6 is 15.9 Å². The van der Waals surface area contributed by atoms with Crippen LogP contribution in [-0.2, 0) is 6.18 Å². The molecule has 0 aliphatic rings. The molecule has 0 amide bonds. The van der Waals surface area contributed by atoms with E-state index >= 15 is 0 Å². The minimum absolute atomic E-state index is 0.139. The lowest BCUT2D eigenvalue weighted by Crippen LogP contribution is -2.12. The highest BCUT2D eigenvalue weighted by Gasteiger charge is 2.39. The highest BCUT2D eigenvalue weighted by atomic mass is 79.9. The predicted octanol–water partition coefficient (Wildman–Crippen LogP) is 5.03. The van der Waals surface area contributed by atoms with Crippen molar-refractivity contribution in [2.75, 3.05) is 5.32 Å². The van der Waals surface area contributed by atoms with E-state index in [9.17, 15) is 33.4 Å². The lowest BCUT2D eigenvalue weighted by atomic mass is 10.1. The van der Waals surface area contributed by atoms with Crippen molar-refractivity contribution in [2.24, 2.45) is 0 Å². The number of nitrogens with zero attached hydrogens (tertiary/aromatic N) is 2. The van der Waals surface area contributed by atoms with E-state index in [-0.39, 0.29) is 11.8 Å². The van der Waals surface area contributed by atoms with Crippen molar-refractivity contribution in [3.8, 4) is 0 Å². The van der Waals surface area contributed by atoms with Crippen molar-refractivity contribution < 1.29 is 23.0 Å². The molecule has 0 spiro atoms. The zero-order chi connectivity index (χ0) is 18.1. The number of hydrogen-bond donors (Lipinski definition) is 1. The molecule has 0 heterocycles. The molecule has 1 N–H and O–H groups in total. The minimum Gasteiger partial charge on any atom is -0.348 e. The van der Waals surface area contributed by atoms with Gasteiger partial charge >= 0.3 is 6.18 Å². The van der Waals surface area contributed by atoms with Crippen molar-refractivity contribution in [2.45, 2.75) is 6.18 Å². The van der Waals surface area contributed by atoms with Gasteiger partial charge in [-0.15, -0.1) is 0 Å². The molecule has 126 valence electrons. The Hall–Kier alpha value is -2.69. The van der Waals surface area contributed by atoms with Crippen LogP contribution in [0.3, 0.4) is 0 Å². The van der Waals surface area contributed by atoms with Gasteiger partial charge in [-0.2, -0.15) is 13.2 Å². The van der Waals surface area contributed by atoms with Gasteiger partial charge in [0.05, 0.1) is 27.2 Å². The first-order valence-corrected chi connectivity index (χ1v) is 6.96. The monoisotopic (exact) mass is 405 g/mol. The molecule has 0 fully saturated rings. The number of para-hydroxylation sites is 1. The Kier molecular flexibility index (Phi) is 4.73. The lowest BCUT2D eigenvalue weighted by Gasteiger charge is -2.15. The number of nitrogens with one attached hydrogen (secondary N) is 1. The molecule has 7 nitrogen and oxygen atoms in total. The predicted molar refractivity (Wildman–Crippen MR) is 82.2 cm³/mol. The van der Waals surface area contributed by atoms with Gasteiger partial charge in [0, 0.05) is 10.5 Å². The van der Waals surface area contributed by atoms with E-state index < -0.39 is 38.6 Å². The van der Waals surface area contributed by atoms with E-state index in [1.807, 2.05) is 0 Å². The van der Waals surface area contributed by atoms with Crippen LogP contribution in [0.25, 0.3) is 0 Å². The molecule has 0 aliphatic carbocycles. The summed E-state index contributed by atoms with van der Waals surface area (Å²) in [4.78, 5) is 19.7. The number of nitro groups is 2. The zero-order valence-electron chi connectivity index (χ0n) is 11.5. The summed E-state index contributed by atoms with van der Waals surface area (Å²) in [6.07, 6.45) is -5.03. The van der Waals surface area contributed by atoms with Gasteiger partial charge in [0.25, 0.3) is 11.4 Å². The summed E-state index contributed by atoms with van der Waals surface area (Å²) in [5.41, 5.74) is -4.30. The molecule has 0 unspecified atom stereocenters. The summed E-state index contributed by atoms with van der Waals surface area (Å²) in [5, 5.41) is 24.2. The van der Waals surface area contributed by atoms with Crippen molar-refractivity contribution in [3.05, 3.63) is 66.7 Å². The molecule has 0 aliphatic heterocycles. The highest BCUT2D eigenvalue weighted by molar-refractivity contribution is 9.10. The number of nitro benzene ring substituents is 2. The summed E-state index contributed by atoms with van der Waals surface area (Å²) in [6.45, 7) is 0. The summed E-state index contributed by atoms with van der Waals surface area (Å²) in [7, 11) is 0. The molecule has 0 saturated carbocycles. The topological polar surface area (TPSA) is 98.3 Å². The molecule has 0 aromatic heterocycles. The number of alkyl halides is 3. The number of hydrogen-bond acceptors (Lipinski definition) is 5. The van der Waals surface area contributed by atoms with Gasteiger partial charge in [-0.1, -0.05) is 12.1 Å². The summed E-state index contributed by atoms with van der Waals surface area (Å²) in [6, 6.07) is 6.77. The molecule has 24 heavy (non-hydrogen) atoms. The van der Waals surface area contributed by atoms with Crippen LogP contribution in [0.4, 0.5) is 35.9 Å². The quantitative estimate of drug-likeness (QED) is 0.568.